The second kappa shape index (κ2) is 5.60. The van der Waals surface area contributed by atoms with Crippen molar-refractivity contribution < 1.29 is 8.42 Å². The first kappa shape index (κ1) is 14.5. The molecule has 100 valence electrons. The molecule has 2 aromatic rings. The van der Waals surface area contributed by atoms with Crippen LogP contribution in [0.15, 0.2) is 50.5 Å². The van der Waals surface area contributed by atoms with Crippen LogP contribution in [0.5, 0.6) is 0 Å². The lowest BCUT2D eigenvalue weighted by molar-refractivity contribution is 0.600. The number of hydrogen-bond acceptors (Lipinski definition) is 3. The number of rotatable bonds is 3. The van der Waals surface area contributed by atoms with Crippen molar-refractivity contribution in [3.63, 3.8) is 0 Å². The van der Waals surface area contributed by atoms with Gasteiger partial charge in [0.2, 0.25) is 0 Å². The van der Waals surface area contributed by atoms with Crippen molar-refractivity contribution in [2.24, 2.45) is 0 Å². The third-order valence-electron chi connectivity index (χ3n) is 2.46. The number of benzene rings is 1. The topological polar surface area (TPSA) is 59.1 Å². The van der Waals surface area contributed by atoms with E-state index in [1.165, 1.54) is 12.4 Å². The zero-order valence-corrected chi connectivity index (χ0v) is 13.9. The van der Waals surface area contributed by atoms with E-state index in [2.05, 4.69) is 41.6 Å². The van der Waals surface area contributed by atoms with Crippen LogP contribution >= 0.6 is 31.9 Å². The number of hydrogen-bond donors (Lipinski definition) is 1. The summed E-state index contributed by atoms with van der Waals surface area (Å²) in [6.45, 7) is 1.75. The zero-order valence-electron chi connectivity index (χ0n) is 9.89. The van der Waals surface area contributed by atoms with Crippen LogP contribution in [0.1, 0.15) is 5.56 Å². The van der Waals surface area contributed by atoms with Crippen molar-refractivity contribution >= 4 is 47.6 Å². The van der Waals surface area contributed by atoms with Crippen LogP contribution in [0.25, 0.3) is 0 Å². The molecule has 0 aliphatic carbocycles. The summed E-state index contributed by atoms with van der Waals surface area (Å²) in [6.07, 6.45) is 3.06. The molecule has 0 aliphatic heterocycles. The Bertz CT molecular complexity index is 717. The molecule has 0 aliphatic rings. The molecule has 0 radical (unpaired) electrons. The van der Waals surface area contributed by atoms with Gasteiger partial charge < -0.3 is 0 Å². The van der Waals surface area contributed by atoms with Crippen LogP contribution in [0.4, 0.5) is 5.69 Å². The van der Waals surface area contributed by atoms with Crippen LogP contribution < -0.4 is 4.72 Å². The van der Waals surface area contributed by atoms with Gasteiger partial charge in [0.15, 0.2) is 0 Å². The Morgan fingerprint density at radius 1 is 1.21 bits per heavy atom. The van der Waals surface area contributed by atoms with Crippen molar-refractivity contribution in [3.05, 3.63) is 51.2 Å². The van der Waals surface area contributed by atoms with E-state index in [0.29, 0.717) is 20.2 Å². The van der Waals surface area contributed by atoms with Gasteiger partial charge in [0.25, 0.3) is 10.0 Å². The minimum atomic E-state index is -3.63. The summed E-state index contributed by atoms with van der Waals surface area (Å²) in [5.74, 6) is 0. The Hall–Kier alpha value is -0.920. The fourth-order valence-electron chi connectivity index (χ4n) is 1.52. The maximum Gasteiger partial charge on any atom is 0.262 e. The van der Waals surface area contributed by atoms with Gasteiger partial charge in [-0.3, -0.25) is 9.71 Å². The van der Waals surface area contributed by atoms with E-state index in [4.69, 9.17) is 0 Å². The molecule has 0 saturated heterocycles. The lowest BCUT2D eigenvalue weighted by atomic mass is 10.2. The predicted octanol–water partition coefficient (Wildman–Crippen LogP) is 3.72. The van der Waals surface area contributed by atoms with Crippen molar-refractivity contribution in [3.8, 4) is 0 Å². The summed E-state index contributed by atoms with van der Waals surface area (Å²) in [5, 5.41) is 0. The number of halogens is 2. The molecule has 0 atom stereocenters. The minimum Gasteiger partial charge on any atom is -0.278 e. The van der Waals surface area contributed by atoms with Gasteiger partial charge in [-0.25, -0.2) is 8.42 Å². The van der Waals surface area contributed by atoms with Crippen LogP contribution in [0, 0.1) is 6.92 Å². The van der Waals surface area contributed by atoms with Gasteiger partial charge in [0.05, 0.1) is 15.1 Å². The molecule has 0 fully saturated rings. The highest BCUT2D eigenvalue weighted by Gasteiger charge is 2.18. The summed E-state index contributed by atoms with van der Waals surface area (Å²) in [7, 11) is -3.63. The summed E-state index contributed by atoms with van der Waals surface area (Å²) >= 11 is 6.53. The molecule has 0 bridgehead atoms. The molecule has 7 heteroatoms. The lowest BCUT2D eigenvalue weighted by Gasteiger charge is -2.11. The number of anilines is 1. The van der Waals surface area contributed by atoms with E-state index < -0.39 is 10.0 Å². The average molecular weight is 406 g/mol. The molecule has 2 rings (SSSR count). The van der Waals surface area contributed by atoms with E-state index in [-0.39, 0.29) is 4.90 Å². The Kier molecular flexibility index (Phi) is 4.27. The third-order valence-corrected chi connectivity index (χ3v) is 5.09. The first-order chi connectivity index (χ1) is 8.90. The number of aromatic nitrogens is 1. The van der Waals surface area contributed by atoms with E-state index in [9.17, 15) is 8.42 Å². The monoisotopic (exact) mass is 404 g/mol. The molecule has 0 saturated carbocycles. The van der Waals surface area contributed by atoms with E-state index in [1.807, 2.05) is 0 Å². The molecule has 1 N–H and O–H groups in total. The molecule has 1 heterocycles. The number of sulfonamides is 1. The summed E-state index contributed by atoms with van der Waals surface area (Å²) in [5.41, 5.74) is 1.13. The van der Waals surface area contributed by atoms with Gasteiger partial charge in [-0.15, -0.1) is 0 Å². The number of nitrogens with one attached hydrogen (secondary N) is 1. The second-order valence-electron chi connectivity index (χ2n) is 3.87. The summed E-state index contributed by atoms with van der Waals surface area (Å²) in [6, 6.07) is 6.72. The maximum atomic E-state index is 12.4. The molecule has 19 heavy (non-hydrogen) atoms. The Morgan fingerprint density at radius 2 is 1.95 bits per heavy atom. The molecular weight excluding hydrogens is 396 g/mol. The largest absolute Gasteiger partial charge is 0.278 e. The average Bonchev–Trinajstić information content (AvgIpc) is 2.35. The second-order valence-corrected chi connectivity index (χ2v) is 7.29. The van der Waals surface area contributed by atoms with Gasteiger partial charge in [-0.05, 0) is 46.6 Å². The quantitative estimate of drug-likeness (QED) is 0.846. The Morgan fingerprint density at radius 3 is 2.63 bits per heavy atom. The van der Waals surface area contributed by atoms with Gasteiger partial charge in [0, 0.05) is 16.9 Å². The molecule has 1 aromatic carbocycles. The first-order valence-electron chi connectivity index (χ1n) is 5.28. The predicted molar refractivity (Wildman–Crippen MR) is 81.6 cm³/mol. The lowest BCUT2D eigenvalue weighted by Crippen LogP contribution is -2.14. The standard InChI is InChI=1S/C12H10Br2N2O2S/c1-8-2-3-9(13)6-12(8)19(17,18)16-11-4-5-15-7-10(11)14/h2-7H,1H3,(H,15,16). The van der Waals surface area contributed by atoms with E-state index in [0.717, 1.165) is 0 Å². The highest BCUT2D eigenvalue weighted by atomic mass is 79.9. The molecule has 4 nitrogen and oxygen atoms in total. The van der Waals surface area contributed by atoms with Crippen LogP contribution in [0.3, 0.4) is 0 Å². The van der Waals surface area contributed by atoms with Crippen LogP contribution in [-0.4, -0.2) is 13.4 Å². The number of aryl methyl sites for hydroxylation is 1. The molecule has 0 unspecified atom stereocenters. The van der Waals surface area contributed by atoms with Gasteiger partial charge >= 0.3 is 0 Å². The normalized spacial score (nSPS) is 11.3. The molecular formula is C12H10Br2N2O2S. The van der Waals surface area contributed by atoms with Gasteiger partial charge in [-0.1, -0.05) is 22.0 Å². The minimum absolute atomic E-state index is 0.241. The Balaban J connectivity index is 2.44. The van der Waals surface area contributed by atoms with Crippen LogP contribution in [0.2, 0.25) is 0 Å². The highest BCUT2D eigenvalue weighted by Crippen LogP contribution is 2.26. The zero-order chi connectivity index (χ0) is 14.0. The van der Waals surface area contributed by atoms with Crippen LogP contribution in [-0.2, 0) is 10.0 Å². The van der Waals surface area contributed by atoms with Crippen molar-refractivity contribution in [2.75, 3.05) is 4.72 Å². The molecule has 1 aromatic heterocycles. The van der Waals surface area contributed by atoms with Crippen molar-refractivity contribution in [1.29, 1.82) is 0 Å². The summed E-state index contributed by atoms with van der Waals surface area (Å²) < 4.78 is 28.5. The number of pyridine rings is 1. The smallest absolute Gasteiger partial charge is 0.262 e. The first-order valence-corrected chi connectivity index (χ1v) is 8.35. The van der Waals surface area contributed by atoms with Crippen molar-refractivity contribution in [1.82, 2.24) is 4.98 Å². The third kappa shape index (κ3) is 3.34. The fraction of sp³-hybridized carbons (Fsp3) is 0.0833. The SMILES string of the molecule is Cc1ccc(Br)cc1S(=O)(=O)Nc1ccncc1Br. The maximum absolute atomic E-state index is 12.4. The Labute approximate surface area is 128 Å². The van der Waals surface area contributed by atoms with E-state index >= 15 is 0 Å². The molecule has 0 amide bonds. The van der Waals surface area contributed by atoms with Crippen molar-refractivity contribution in [2.45, 2.75) is 11.8 Å². The number of nitrogens with zero attached hydrogens (tertiary/aromatic N) is 1. The summed E-state index contributed by atoms with van der Waals surface area (Å²) in [4.78, 5) is 4.13. The highest BCUT2D eigenvalue weighted by molar-refractivity contribution is 9.10. The van der Waals surface area contributed by atoms with E-state index in [1.54, 1.807) is 31.2 Å². The fourth-order valence-corrected chi connectivity index (χ4v) is 3.87. The van der Waals surface area contributed by atoms with Gasteiger partial charge in [-0.2, -0.15) is 0 Å². The molecule has 0 spiro atoms. The van der Waals surface area contributed by atoms with Gasteiger partial charge in [0.1, 0.15) is 0 Å².